The van der Waals surface area contributed by atoms with Crippen LogP contribution in [-0.4, -0.2) is 79.8 Å². The number of rotatable bonds is 13. The van der Waals surface area contributed by atoms with E-state index in [1.165, 1.54) is 11.1 Å². The van der Waals surface area contributed by atoms with Crippen LogP contribution in [0.1, 0.15) is 24.0 Å². The second kappa shape index (κ2) is 15.7. The number of amides is 1. The summed E-state index contributed by atoms with van der Waals surface area (Å²) in [5.41, 5.74) is 5.56. The first-order valence-corrected chi connectivity index (χ1v) is 15.9. The van der Waals surface area contributed by atoms with E-state index in [9.17, 15) is 4.79 Å². The van der Waals surface area contributed by atoms with Crippen molar-refractivity contribution in [2.24, 2.45) is 0 Å². The van der Waals surface area contributed by atoms with E-state index in [-0.39, 0.29) is 12.2 Å². The summed E-state index contributed by atoms with van der Waals surface area (Å²) in [5.74, 6) is 0. The molecular formula is C38H47N4O2+. The Morgan fingerprint density at radius 3 is 2.09 bits per heavy atom. The molecule has 4 aromatic rings. The number of likely N-dealkylation sites (N-methyl/N-ethyl adjacent to an activating group) is 2. The SMILES string of the molecule is CN(CC[N+](C)(CCN1CCC(OC(=O)Nc2ccccc2-c2ccccc2)CC1)Cc1ccccc1)Cc1ccccc1. The van der Waals surface area contributed by atoms with Crippen molar-refractivity contribution in [1.82, 2.24) is 9.80 Å². The molecule has 1 N–H and O–H groups in total. The number of nitrogens with zero attached hydrogens (tertiary/aromatic N) is 3. The number of hydrogen-bond acceptors (Lipinski definition) is 4. The molecule has 0 aromatic heterocycles. The van der Waals surface area contributed by atoms with Crippen LogP contribution in [0.25, 0.3) is 11.1 Å². The van der Waals surface area contributed by atoms with Crippen LogP contribution in [0.4, 0.5) is 10.5 Å². The van der Waals surface area contributed by atoms with Gasteiger partial charge in [0.2, 0.25) is 0 Å². The van der Waals surface area contributed by atoms with Gasteiger partial charge >= 0.3 is 6.09 Å². The first kappa shape index (κ1) is 31.5. The van der Waals surface area contributed by atoms with Crippen LogP contribution in [0.15, 0.2) is 115 Å². The maximum Gasteiger partial charge on any atom is 0.411 e. The molecule has 1 unspecified atom stereocenters. The van der Waals surface area contributed by atoms with Gasteiger partial charge in [0.25, 0.3) is 0 Å². The molecule has 0 aliphatic carbocycles. The van der Waals surface area contributed by atoms with Crippen LogP contribution in [0, 0.1) is 0 Å². The molecule has 44 heavy (non-hydrogen) atoms. The summed E-state index contributed by atoms with van der Waals surface area (Å²) in [6, 6.07) is 39.6. The lowest BCUT2D eigenvalue weighted by atomic mass is 10.0. The lowest BCUT2D eigenvalue weighted by molar-refractivity contribution is -0.921. The molecule has 1 heterocycles. The molecule has 5 rings (SSSR count). The largest absolute Gasteiger partial charge is 0.446 e. The Kier molecular flexibility index (Phi) is 11.2. The molecule has 6 heteroatoms. The molecule has 1 aliphatic heterocycles. The van der Waals surface area contributed by atoms with Crippen LogP contribution in [0.2, 0.25) is 0 Å². The normalized spacial score (nSPS) is 15.5. The van der Waals surface area contributed by atoms with Crippen molar-refractivity contribution >= 4 is 11.8 Å². The smallest absolute Gasteiger partial charge is 0.411 e. The summed E-state index contributed by atoms with van der Waals surface area (Å²) in [6.07, 6.45) is 1.27. The van der Waals surface area contributed by atoms with Gasteiger partial charge in [0.05, 0.1) is 25.8 Å². The van der Waals surface area contributed by atoms with E-state index in [1.807, 2.05) is 54.6 Å². The zero-order valence-corrected chi connectivity index (χ0v) is 26.3. The van der Waals surface area contributed by atoms with Gasteiger partial charge in [-0.25, -0.2) is 4.79 Å². The minimum Gasteiger partial charge on any atom is -0.446 e. The average molecular weight is 592 g/mol. The zero-order valence-electron chi connectivity index (χ0n) is 26.3. The van der Waals surface area contributed by atoms with Crippen LogP contribution < -0.4 is 5.32 Å². The van der Waals surface area contributed by atoms with Crippen LogP contribution in [-0.2, 0) is 17.8 Å². The maximum absolute atomic E-state index is 12.9. The van der Waals surface area contributed by atoms with Gasteiger partial charge in [0.1, 0.15) is 12.6 Å². The Morgan fingerprint density at radius 2 is 1.41 bits per heavy atom. The number of piperidine rings is 1. The third-order valence-electron chi connectivity index (χ3n) is 8.74. The van der Waals surface area contributed by atoms with Crippen LogP contribution in [0.5, 0.6) is 0 Å². The fraction of sp³-hybridized carbons (Fsp3) is 0.342. The van der Waals surface area contributed by atoms with Crippen molar-refractivity contribution < 1.29 is 14.0 Å². The van der Waals surface area contributed by atoms with E-state index >= 15 is 0 Å². The van der Waals surface area contributed by atoms with Crippen molar-refractivity contribution in [2.45, 2.75) is 32.0 Å². The highest BCUT2D eigenvalue weighted by molar-refractivity contribution is 5.91. The number of nitrogens with one attached hydrogen (secondary N) is 1. The van der Waals surface area contributed by atoms with E-state index in [4.69, 9.17) is 4.74 Å². The Balaban J connectivity index is 1.10. The van der Waals surface area contributed by atoms with E-state index in [0.29, 0.717) is 0 Å². The predicted octanol–water partition coefficient (Wildman–Crippen LogP) is 7.15. The second-order valence-electron chi connectivity index (χ2n) is 12.4. The zero-order chi connectivity index (χ0) is 30.6. The molecule has 0 saturated carbocycles. The van der Waals surface area contributed by atoms with Gasteiger partial charge in [-0.15, -0.1) is 0 Å². The molecular weight excluding hydrogens is 544 g/mol. The lowest BCUT2D eigenvalue weighted by Crippen LogP contribution is -2.52. The number of likely N-dealkylation sites (tertiary alicyclic amines) is 1. The first-order valence-electron chi connectivity index (χ1n) is 15.9. The predicted molar refractivity (Wildman–Crippen MR) is 180 cm³/mol. The van der Waals surface area contributed by atoms with Gasteiger partial charge in [0, 0.05) is 43.9 Å². The highest BCUT2D eigenvalue weighted by Crippen LogP contribution is 2.28. The van der Waals surface area contributed by atoms with Crippen molar-refractivity contribution in [2.75, 3.05) is 58.7 Å². The molecule has 1 aliphatic rings. The molecule has 0 radical (unpaired) electrons. The summed E-state index contributed by atoms with van der Waals surface area (Å²) in [4.78, 5) is 17.8. The quantitative estimate of drug-likeness (QED) is 0.168. The summed E-state index contributed by atoms with van der Waals surface area (Å²) in [5, 5.41) is 2.99. The van der Waals surface area contributed by atoms with E-state index in [2.05, 4.69) is 89.9 Å². The number of quaternary nitrogens is 1. The van der Waals surface area contributed by atoms with Gasteiger partial charge in [0.15, 0.2) is 0 Å². The van der Waals surface area contributed by atoms with Crippen molar-refractivity contribution in [3.63, 3.8) is 0 Å². The second-order valence-corrected chi connectivity index (χ2v) is 12.4. The molecule has 4 aromatic carbocycles. The van der Waals surface area contributed by atoms with Crippen LogP contribution >= 0.6 is 0 Å². The molecule has 1 fully saturated rings. The monoisotopic (exact) mass is 591 g/mol. The van der Waals surface area contributed by atoms with Gasteiger partial charge in [-0.1, -0.05) is 109 Å². The number of carbonyl (C=O) groups is 1. The first-order chi connectivity index (χ1) is 21.5. The number of para-hydroxylation sites is 1. The number of hydrogen-bond donors (Lipinski definition) is 1. The summed E-state index contributed by atoms with van der Waals surface area (Å²) in [6.45, 7) is 8.11. The highest BCUT2D eigenvalue weighted by atomic mass is 16.6. The van der Waals surface area contributed by atoms with Gasteiger partial charge in [-0.05, 0) is 37.1 Å². The third kappa shape index (κ3) is 9.52. The third-order valence-corrected chi connectivity index (χ3v) is 8.74. The Morgan fingerprint density at radius 1 is 0.818 bits per heavy atom. The molecule has 0 bridgehead atoms. The average Bonchev–Trinajstić information content (AvgIpc) is 3.05. The Bertz CT molecular complexity index is 1430. The van der Waals surface area contributed by atoms with Crippen molar-refractivity contribution in [3.05, 3.63) is 126 Å². The summed E-state index contributed by atoms with van der Waals surface area (Å²) < 4.78 is 6.88. The number of carbonyl (C=O) groups excluding carboxylic acids is 1. The lowest BCUT2D eigenvalue weighted by Gasteiger charge is -2.39. The summed E-state index contributed by atoms with van der Waals surface area (Å²) >= 11 is 0. The molecule has 1 atom stereocenters. The van der Waals surface area contributed by atoms with Crippen LogP contribution in [0.3, 0.4) is 0 Å². The Labute approximate surface area is 263 Å². The van der Waals surface area contributed by atoms with Crippen molar-refractivity contribution in [1.29, 1.82) is 0 Å². The number of benzene rings is 4. The minimum atomic E-state index is -0.376. The van der Waals surface area contributed by atoms with E-state index in [1.54, 1.807) is 0 Å². The van der Waals surface area contributed by atoms with E-state index in [0.717, 1.165) is 86.5 Å². The van der Waals surface area contributed by atoms with Gasteiger partial charge in [-0.3, -0.25) is 15.1 Å². The van der Waals surface area contributed by atoms with E-state index < -0.39 is 0 Å². The van der Waals surface area contributed by atoms with Gasteiger partial charge < -0.3 is 9.22 Å². The Hall–Kier alpha value is -3.97. The molecule has 1 amide bonds. The molecule has 1 saturated heterocycles. The number of anilines is 1. The number of ether oxygens (including phenoxy) is 1. The molecule has 6 nitrogen and oxygen atoms in total. The standard InChI is InChI=1S/C38H46N4O2/c1-40(30-32-14-6-3-7-15-32)26-28-42(2,31-33-16-8-4-9-17-33)29-27-41-24-22-35(23-25-41)44-38(43)39-37-21-13-12-20-36(37)34-18-10-5-11-19-34/h3-21,35H,22-31H2,1-2H3/p+1. The summed E-state index contributed by atoms with van der Waals surface area (Å²) in [7, 11) is 4.62. The van der Waals surface area contributed by atoms with Crippen molar-refractivity contribution in [3.8, 4) is 11.1 Å². The topological polar surface area (TPSA) is 44.8 Å². The molecule has 0 spiro atoms. The maximum atomic E-state index is 12.9. The minimum absolute atomic E-state index is 0.0630. The molecule has 230 valence electrons. The highest BCUT2D eigenvalue weighted by Gasteiger charge is 2.27. The fourth-order valence-corrected chi connectivity index (χ4v) is 6.07. The van der Waals surface area contributed by atoms with Gasteiger partial charge in [-0.2, -0.15) is 0 Å². The fourth-order valence-electron chi connectivity index (χ4n) is 6.07.